The van der Waals surface area contributed by atoms with Crippen LogP contribution in [0.25, 0.3) is 0 Å². The number of aryl methyl sites for hydroxylation is 1. The Kier molecular flexibility index (Phi) is 10.8. The Hall–Kier alpha value is -4.44. The Morgan fingerprint density at radius 2 is 1.62 bits per heavy atom. The van der Waals surface area contributed by atoms with E-state index in [4.69, 9.17) is 15.2 Å². The van der Waals surface area contributed by atoms with Crippen molar-refractivity contribution in [2.45, 2.75) is 76.0 Å². The van der Waals surface area contributed by atoms with E-state index in [1.54, 1.807) is 31.4 Å². The van der Waals surface area contributed by atoms with Crippen molar-refractivity contribution >= 4 is 36.4 Å². The molecule has 0 aromatic heterocycles. The van der Waals surface area contributed by atoms with Gasteiger partial charge in [-0.2, -0.15) is 0 Å². The number of carbonyl (C=O) groups is 2. The number of ether oxygens (including phenoxy) is 2. The number of nitrogens with zero attached hydrogens (tertiary/aromatic N) is 1. The summed E-state index contributed by atoms with van der Waals surface area (Å²) in [7, 11) is -0.479. The molecule has 0 bridgehead atoms. The number of aliphatic hydroxyl groups excluding tert-OH is 1. The Balaban J connectivity index is 1.17. The molecule has 1 fully saturated rings. The highest BCUT2D eigenvalue weighted by molar-refractivity contribution is 6.91. The molecule has 2 aliphatic heterocycles. The maximum atomic E-state index is 14.1. The highest BCUT2D eigenvalue weighted by Gasteiger charge is 2.51. The maximum Gasteiger partial charge on any atom is 0.255 e. The number of benzene rings is 4. The number of nitrogens with one attached hydrogen (secondary N) is 1. The highest BCUT2D eigenvalue weighted by Crippen LogP contribution is 2.47. The van der Waals surface area contributed by atoms with Crippen molar-refractivity contribution in [3.8, 4) is 5.75 Å². The lowest BCUT2D eigenvalue weighted by Crippen LogP contribution is -2.52. The normalized spacial score (nSPS) is 21.8. The number of aliphatic hydroxyl groups is 1. The van der Waals surface area contributed by atoms with Crippen LogP contribution in [0.1, 0.15) is 46.8 Å². The molecule has 5 atom stereocenters. The van der Waals surface area contributed by atoms with Crippen LogP contribution in [0.5, 0.6) is 5.75 Å². The highest BCUT2D eigenvalue weighted by atomic mass is 28.3. The number of nitrogens with two attached hydrogens (primary N) is 1. The van der Waals surface area contributed by atoms with Gasteiger partial charge in [0.15, 0.2) is 0 Å². The number of methoxy groups -OCH3 is 1. The van der Waals surface area contributed by atoms with Crippen LogP contribution in [0.3, 0.4) is 0 Å². The minimum atomic E-state index is -2.16. The van der Waals surface area contributed by atoms with Crippen LogP contribution in [-0.2, 0) is 28.9 Å². The van der Waals surface area contributed by atoms with Gasteiger partial charge in [0.1, 0.15) is 5.75 Å². The Labute approximate surface area is 296 Å². The summed E-state index contributed by atoms with van der Waals surface area (Å²) < 4.78 is 12.4. The van der Waals surface area contributed by atoms with Gasteiger partial charge in [-0.25, -0.2) is 0 Å². The molecule has 0 unspecified atom stereocenters. The van der Waals surface area contributed by atoms with Gasteiger partial charge in [0.05, 0.1) is 46.5 Å². The zero-order valence-corrected chi connectivity index (χ0v) is 30.5. The zero-order valence-electron chi connectivity index (χ0n) is 29.5. The van der Waals surface area contributed by atoms with E-state index in [1.165, 1.54) is 10.8 Å². The van der Waals surface area contributed by atoms with Gasteiger partial charge in [0, 0.05) is 23.5 Å². The summed E-state index contributed by atoms with van der Waals surface area (Å²) in [5.74, 6) is 0.929. The molecule has 262 valence electrons. The van der Waals surface area contributed by atoms with E-state index in [0.717, 1.165) is 35.4 Å². The first kappa shape index (κ1) is 35.4. The molecule has 2 aliphatic rings. The second-order valence-corrected chi connectivity index (χ2v) is 19.1. The zero-order chi connectivity index (χ0) is 35.4. The number of nitrogen functional groups attached to an aromatic ring is 1. The van der Waals surface area contributed by atoms with Gasteiger partial charge in [0.2, 0.25) is 5.91 Å². The molecule has 0 radical (unpaired) electrons. The lowest BCUT2D eigenvalue weighted by Gasteiger charge is -2.39. The molecule has 2 heterocycles. The molecule has 2 amide bonds. The Morgan fingerprint density at radius 3 is 2.28 bits per heavy atom. The van der Waals surface area contributed by atoms with Gasteiger partial charge in [-0.05, 0) is 95.9 Å². The standard InChI is InChI=1S/C41H49N3O5Si/c1-27-37(22-11-28-9-16-33(17-10-28)43-41(47)29-12-14-32(42)15-13-29)49-38(40(27)50(3,4)36-20-18-35(48-2)19-21-36)24-39(46)44-25-31-8-6-5-7-30(31)23-34(44)26-45/h5-10,12-21,27,34,37-38,40,45H,11,22-26,42H2,1-4H3,(H,43,47)/t27-,34+,37+,38-,40+/m1/s1. The molecule has 8 nitrogen and oxygen atoms in total. The molecule has 9 heteroatoms. The van der Waals surface area contributed by atoms with Crippen molar-refractivity contribution in [3.63, 3.8) is 0 Å². The van der Waals surface area contributed by atoms with Gasteiger partial charge in [0.25, 0.3) is 5.91 Å². The number of amides is 2. The van der Waals surface area contributed by atoms with Crippen molar-refractivity contribution in [1.82, 2.24) is 4.90 Å². The van der Waals surface area contributed by atoms with Crippen LogP contribution in [0.4, 0.5) is 11.4 Å². The summed E-state index contributed by atoms with van der Waals surface area (Å²) >= 11 is 0. The SMILES string of the molecule is COc1ccc([Si](C)(C)[C@H]2[C@H](C)[C@H](CCc3ccc(NC(=O)c4ccc(N)cc4)cc3)O[C@@H]2CC(=O)N2Cc3ccccc3C[C@H]2CO)cc1. The molecule has 6 rings (SSSR count). The van der Waals surface area contributed by atoms with E-state index in [9.17, 15) is 14.7 Å². The number of hydrogen-bond donors (Lipinski definition) is 3. The van der Waals surface area contributed by atoms with E-state index in [-0.39, 0.29) is 48.1 Å². The monoisotopic (exact) mass is 691 g/mol. The summed E-state index contributed by atoms with van der Waals surface area (Å²) in [6.45, 7) is 7.52. The van der Waals surface area contributed by atoms with Crippen molar-refractivity contribution in [3.05, 3.63) is 119 Å². The fourth-order valence-corrected chi connectivity index (χ4v) is 12.1. The predicted octanol–water partition coefficient (Wildman–Crippen LogP) is 6.19. The van der Waals surface area contributed by atoms with Gasteiger partial charge in [-0.15, -0.1) is 0 Å². The summed E-state index contributed by atoms with van der Waals surface area (Å²) in [6.07, 6.45) is 2.34. The average molecular weight is 692 g/mol. The second-order valence-electron chi connectivity index (χ2n) is 14.4. The number of carbonyl (C=O) groups excluding carboxylic acids is 2. The van der Waals surface area contributed by atoms with Crippen molar-refractivity contribution in [1.29, 1.82) is 0 Å². The number of rotatable bonds is 11. The van der Waals surface area contributed by atoms with Gasteiger partial charge >= 0.3 is 0 Å². The van der Waals surface area contributed by atoms with E-state index in [2.05, 4.69) is 61.7 Å². The van der Waals surface area contributed by atoms with E-state index < -0.39 is 8.07 Å². The predicted molar refractivity (Wildman–Crippen MR) is 201 cm³/mol. The Bertz CT molecular complexity index is 1780. The van der Waals surface area contributed by atoms with E-state index in [0.29, 0.717) is 30.6 Å². The molecule has 50 heavy (non-hydrogen) atoms. The largest absolute Gasteiger partial charge is 0.497 e. The van der Waals surface area contributed by atoms with Crippen LogP contribution >= 0.6 is 0 Å². The second kappa shape index (κ2) is 15.2. The molecular formula is C41H49N3O5Si. The molecule has 4 aromatic rings. The van der Waals surface area contributed by atoms with E-state index >= 15 is 0 Å². The third-order valence-electron chi connectivity index (χ3n) is 10.9. The number of fused-ring (bicyclic) bond motifs is 1. The fourth-order valence-electron chi connectivity index (χ4n) is 8.08. The topological polar surface area (TPSA) is 114 Å². The third-order valence-corrected chi connectivity index (χ3v) is 15.3. The summed E-state index contributed by atoms with van der Waals surface area (Å²) in [5, 5.41) is 14.6. The van der Waals surface area contributed by atoms with E-state index in [1.807, 2.05) is 41.3 Å². The van der Waals surface area contributed by atoms with Crippen LogP contribution in [0.2, 0.25) is 18.6 Å². The molecule has 4 N–H and O–H groups in total. The van der Waals surface area contributed by atoms with Gasteiger partial charge < -0.3 is 30.5 Å². The van der Waals surface area contributed by atoms with Gasteiger partial charge in [-0.1, -0.05) is 73.7 Å². The molecular weight excluding hydrogens is 643 g/mol. The first-order valence-corrected chi connectivity index (χ1v) is 20.7. The van der Waals surface area contributed by atoms with Crippen molar-refractivity contribution in [2.75, 3.05) is 24.8 Å². The third kappa shape index (κ3) is 7.65. The first-order chi connectivity index (χ1) is 24.1. The molecule has 0 spiro atoms. The lowest BCUT2D eigenvalue weighted by molar-refractivity contribution is -0.138. The maximum absolute atomic E-state index is 14.1. The summed E-state index contributed by atoms with van der Waals surface area (Å²) in [5.41, 5.74) is 11.4. The quantitative estimate of drug-likeness (QED) is 0.128. The van der Waals surface area contributed by atoms with Crippen LogP contribution in [0.15, 0.2) is 97.1 Å². The van der Waals surface area contributed by atoms with Crippen molar-refractivity contribution < 1.29 is 24.2 Å². The lowest BCUT2D eigenvalue weighted by atomic mass is 9.93. The minimum Gasteiger partial charge on any atom is -0.497 e. The number of anilines is 2. The first-order valence-electron chi connectivity index (χ1n) is 17.6. The molecule has 0 aliphatic carbocycles. The number of hydrogen-bond acceptors (Lipinski definition) is 6. The fraction of sp³-hybridized carbons (Fsp3) is 0.366. The molecule has 0 saturated carbocycles. The minimum absolute atomic E-state index is 0.0107. The average Bonchev–Trinajstić information content (AvgIpc) is 3.45. The molecule has 1 saturated heterocycles. The smallest absolute Gasteiger partial charge is 0.255 e. The van der Waals surface area contributed by atoms with Crippen molar-refractivity contribution in [2.24, 2.45) is 5.92 Å². The summed E-state index contributed by atoms with van der Waals surface area (Å²) in [6, 6.07) is 31.2. The van der Waals surface area contributed by atoms with Crippen LogP contribution < -0.4 is 21.0 Å². The van der Waals surface area contributed by atoms with Gasteiger partial charge in [-0.3, -0.25) is 9.59 Å². The Morgan fingerprint density at radius 1 is 0.940 bits per heavy atom. The molecule has 4 aromatic carbocycles. The van der Waals surface area contributed by atoms with Crippen LogP contribution in [0, 0.1) is 5.92 Å². The van der Waals surface area contributed by atoms with Crippen LogP contribution in [-0.4, -0.2) is 61.9 Å². The summed E-state index contributed by atoms with van der Waals surface area (Å²) in [4.78, 5) is 28.7.